The van der Waals surface area contributed by atoms with E-state index in [1.807, 2.05) is 54.2 Å². The SMILES string of the molecule is CN1c2ccccc2C(C)(C)c2ccccc21.CN1c2ccccc2N(c2ccccc2)c2ccccc21.CN1c2ccccc2Oc2ccccc21.CN1c2ccccc2Sc2ccccc21.Cn1c2ccccc2c2ccccc21.Cn1c2ccccc2n2c3ccccc3nc12. The Kier molecular flexibility index (Phi) is 17.2. The van der Waals surface area contributed by atoms with Crippen LogP contribution in [0.4, 0.5) is 62.6 Å². The smallest absolute Gasteiger partial charge is 0.215 e. The number of benzene rings is 13. The van der Waals surface area contributed by atoms with Gasteiger partial charge in [-0.15, -0.1) is 0 Å². The highest BCUT2D eigenvalue weighted by atomic mass is 32.2. The molecular formula is C88H77N9OS. The molecule has 0 N–H and O–H groups in total. The van der Waals surface area contributed by atoms with E-state index in [1.165, 1.54) is 110 Å². The summed E-state index contributed by atoms with van der Waals surface area (Å²) in [6, 6.07) is 112. The van der Waals surface area contributed by atoms with E-state index < -0.39 is 0 Å². The molecule has 16 aromatic rings. The Bertz CT molecular complexity index is 5260. The van der Waals surface area contributed by atoms with E-state index in [2.05, 4.69) is 378 Å². The molecule has 20 rings (SSSR count). The fraction of sp³-hybridized carbons (Fsp3) is 0.102. The second-order valence-corrected chi connectivity index (χ2v) is 26.6. The third kappa shape index (κ3) is 11.7. The van der Waals surface area contributed by atoms with Gasteiger partial charge in [0.1, 0.15) is 0 Å². The normalized spacial score (nSPS) is 13.1. The fourth-order valence-electron chi connectivity index (χ4n) is 14.3. The van der Waals surface area contributed by atoms with Crippen LogP contribution in [0.25, 0.3) is 49.7 Å². The van der Waals surface area contributed by atoms with Crippen LogP contribution in [0.5, 0.6) is 11.5 Å². The molecule has 0 fully saturated rings. The molecule has 0 saturated heterocycles. The molecule has 0 atom stereocenters. The summed E-state index contributed by atoms with van der Waals surface area (Å²) >= 11 is 1.84. The highest BCUT2D eigenvalue weighted by Gasteiger charge is 2.34. The minimum absolute atomic E-state index is 0.0830. The minimum atomic E-state index is 0.0830. The van der Waals surface area contributed by atoms with Crippen LogP contribution in [0.3, 0.4) is 0 Å². The lowest BCUT2D eigenvalue weighted by atomic mass is 9.74. The number of aryl methyl sites for hydroxylation is 2. The maximum Gasteiger partial charge on any atom is 0.215 e. The number of imidazole rings is 2. The molecule has 3 aromatic heterocycles. The lowest BCUT2D eigenvalue weighted by Crippen LogP contribution is -2.30. The van der Waals surface area contributed by atoms with E-state index in [-0.39, 0.29) is 5.41 Å². The quantitative estimate of drug-likeness (QED) is 0.161. The predicted molar refractivity (Wildman–Crippen MR) is 418 cm³/mol. The van der Waals surface area contributed by atoms with Crippen molar-refractivity contribution in [3.05, 3.63) is 333 Å². The molecule has 7 heterocycles. The summed E-state index contributed by atoms with van der Waals surface area (Å²) in [6.45, 7) is 4.61. The van der Waals surface area contributed by atoms with Gasteiger partial charge in [-0.1, -0.05) is 214 Å². The monoisotopic (exact) mass is 1310 g/mol. The van der Waals surface area contributed by atoms with Gasteiger partial charge in [-0.05, 0) is 145 Å². The Morgan fingerprint density at radius 2 is 0.646 bits per heavy atom. The molecule has 0 spiro atoms. The molecule has 0 saturated carbocycles. The third-order valence-corrected chi connectivity index (χ3v) is 20.5. The number of para-hydroxylation sites is 19. The van der Waals surface area contributed by atoms with Gasteiger partial charge >= 0.3 is 0 Å². The molecule has 13 aromatic carbocycles. The van der Waals surface area contributed by atoms with Gasteiger partial charge in [0.25, 0.3) is 0 Å². The predicted octanol–water partition coefficient (Wildman–Crippen LogP) is 23.1. The van der Waals surface area contributed by atoms with Crippen molar-refractivity contribution in [2.45, 2.75) is 29.1 Å². The topological polar surface area (TPSA) is 52.6 Å². The van der Waals surface area contributed by atoms with Crippen LogP contribution >= 0.6 is 11.8 Å². The Balaban J connectivity index is 0.0000000972. The summed E-state index contributed by atoms with van der Waals surface area (Å²) in [4.78, 5) is 18.6. The van der Waals surface area contributed by atoms with Crippen molar-refractivity contribution in [1.29, 1.82) is 0 Å². The largest absolute Gasteiger partial charge is 0.453 e. The highest BCUT2D eigenvalue weighted by molar-refractivity contribution is 7.99. The van der Waals surface area contributed by atoms with Gasteiger partial charge in [0.05, 0.1) is 67.6 Å². The molecule has 99 heavy (non-hydrogen) atoms. The van der Waals surface area contributed by atoms with Crippen molar-refractivity contribution in [2.24, 2.45) is 14.1 Å². The van der Waals surface area contributed by atoms with Gasteiger partial charge in [0.15, 0.2) is 11.5 Å². The van der Waals surface area contributed by atoms with E-state index in [4.69, 9.17) is 4.74 Å². The number of anilines is 11. The number of hydrogen-bond acceptors (Lipinski definition) is 8. The van der Waals surface area contributed by atoms with E-state index in [9.17, 15) is 0 Å². The van der Waals surface area contributed by atoms with Crippen LogP contribution in [-0.2, 0) is 19.5 Å². The first kappa shape index (κ1) is 63.2. The van der Waals surface area contributed by atoms with Crippen molar-refractivity contribution >= 4 is 124 Å². The minimum Gasteiger partial charge on any atom is -0.453 e. The van der Waals surface area contributed by atoms with Crippen molar-refractivity contribution < 1.29 is 4.74 Å². The summed E-state index contributed by atoms with van der Waals surface area (Å²) in [5.74, 6) is 2.82. The van der Waals surface area contributed by atoms with Crippen LogP contribution in [0, 0.1) is 0 Å². The van der Waals surface area contributed by atoms with Crippen LogP contribution < -0.4 is 29.2 Å². The molecule has 11 heteroatoms. The van der Waals surface area contributed by atoms with Gasteiger partial charge in [0, 0.05) is 96.4 Å². The van der Waals surface area contributed by atoms with Crippen molar-refractivity contribution in [2.75, 3.05) is 52.7 Å². The zero-order valence-electron chi connectivity index (χ0n) is 56.9. The van der Waals surface area contributed by atoms with Crippen LogP contribution in [0.1, 0.15) is 25.0 Å². The molecule has 10 nitrogen and oxygen atoms in total. The summed E-state index contributed by atoms with van der Waals surface area (Å²) in [5.41, 5.74) is 23.6. The lowest BCUT2D eigenvalue weighted by molar-refractivity contribution is 0.475. The van der Waals surface area contributed by atoms with Crippen LogP contribution in [0.2, 0.25) is 0 Å². The highest BCUT2D eigenvalue weighted by Crippen LogP contribution is 2.52. The second-order valence-electron chi connectivity index (χ2n) is 25.5. The van der Waals surface area contributed by atoms with Crippen LogP contribution in [0.15, 0.2) is 331 Å². The Morgan fingerprint density at radius 1 is 0.293 bits per heavy atom. The third-order valence-electron chi connectivity index (χ3n) is 19.4. The molecule has 4 aliphatic rings. The molecule has 0 bridgehead atoms. The average molecular weight is 1310 g/mol. The molecule has 0 aliphatic carbocycles. The van der Waals surface area contributed by atoms with E-state index in [1.54, 1.807) is 0 Å². The van der Waals surface area contributed by atoms with Gasteiger partial charge in [-0.3, -0.25) is 4.40 Å². The second kappa shape index (κ2) is 26.9. The Hall–Kier alpha value is -11.9. The molecule has 4 aliphatic heterocycles. The first-order valence-corrected chi connectivity index (χ1v) is 34.4. The summed E-state index contributed by atoms with van der Waals surface area (Å²) in [7, 11) is 12.6. The fourth-order valence-corrected chi connectivity index (χ4v) is 15.4. The summed E-state index contributed by atoms with van der Waals surface area (Å²) in [5, 5.41) is 2.68. The average Bonchev–Trinajstić information content (AvgIpc) is 1.34. The van der Waals surface area contributed by atoms with E-state index >= 15 is 0 Å². The molecule has 0 amide bonds. The first-order valence-electron chi connectivity index (χ1n) is 33.6. The van der Waals surface area contributed by atoms with Gasteiger partial charge in [-0.25, -0.2) is 4.98 Å². The zero-order valence-corrected chi connectivity index (χ0v) is 57.8. The zero-order chi connectivity index (χ0) is 67.7. The first-order chi connectivity index (χ1) is 48.4. The molecule has 0 radical (unpaired) electrons. The van der Waals surface area contributed by atoms with E-state index in [0.29, 0.717) is 0 Å². The Morgan fingerprint density at radius 3 is 1.17 bits per heavy atom. The van der Waals surface area contributed by atoms with Crippen LogP contribution in [-0.4, -0.2) is 46.7 Å². The maximum atomic E-state index is 5.81. The van der Waals surface area contributed by atoms with Crippen molar-refractivity contribution in [3.8, 4) is 11.5 Å². The summed E-state index contributed by atoms with van der Waals surface area (Å²) < 4.78 is 12.4. The molecular weight excluding hydrogens is 1230 g/mol. The number of nitrogens with zero attached hydrogens (tertiary/aromatic N) is 9. The van der Waals surface area contributed by atoms with E-state index in [0.717, 1.165) is 34.2 Å². The number of rotatable bonds is 1. The standard InChI is InChI=1S/C19H16N2.C16H17N.C14H11N3.C13H11NO.C13H11NS.C13H11N/c1-20-16-11-5-7-13-18(16)21(15-9-3-2-4-10-15)19-14-8-6-12-17(19)20;1-16(2)12-8-4-6-10-14(12)17(3)15-11-7-5-9-13(15)16;1-16-12-8-4-5-9-13(12)17-11-7-3-2-6-10(11)15-14(16)17;2*1-14-10-6-2-4-8-12(10)15-13-9-5-3-7-11(13)14;1-14-12-8-4-2-6-10(12)11-7-3-5-9-13(11)14/h2-14H,1H3;4-11H,1-3H3;2-9H,1H3;2*2-9H,1H3;2-9H,1H3. The summed E-state index contributed by atoms with van der Waals surface area (Å²) in [6.07, 6.45) is 0. The van der Waals surface area contributed by atoms with Gasteiger partial charge in [0.2, 0.25) is 5.78 Å². The lowest BCUT2D eigenvalue weighted by Gasteiger charge is -2.40. The number of aromatic nitrogens is 4. The maximum absolute atomic E-state index is 5.81. The number of hydrogen-bond donors (Lipinski definition) is 0. The van der Waals surface area contributed by atoms with Gasteiger partial charge in [-0.2, -0.15) is 0 Å². The van der Waals surface area contributed by atoms with Crippen molar-refractivity contribution in [1.82, 2.24) is 18.5 Å². The Labute approximate surface area is 583 Å². The van der Waals surface area contributed by atoms with Gasteiger partial charge < -0.3 is 38.4 Å². The molecule has 0 unspecified atom stereocenters. The molecule has 486 valence electrons. The number of ether oxygens (including phenoxy) is 1. The van der Waals surface area contributed by atoms with Crippen molar-refractivity contribution in [3.63, 3.8) is 0 Å². The number of fused-ring (bicyclic) bond motifs is 16.